The maximum Gasteiger partial charge on any atom is 0.326 e. The standard InChI is InChI=1S/C14H14N2O5/c17-7-6-10(14(19)20)15-13(18)11-8-12(21-16-11)9-4-2-1-3-5-9/h1-5,8,10,17H,6-7H2,(H,15,18)(H,19,20). The summed E-state index contributed by atoms with van der Waals surface area (Å²) in [4.78, 5) is 22.8. The number of aliphatic carboxylic acids is 1. The third-order valence-electron chi connectivity index (χ3n) is 2.82. The van der Waals surface area contributed by atoms with E-state index in [1.807, 2.05) is 18.2 Å². The maximum absolute atomic E-state index is 11.9. The van der Waals surface area contributed by atoms with Gasteiger partial charge in [-0.3, -0.25) is 4.79 Å². The van der Waals surface area contributed by atoms with E-state index in [9.17, 15) is 9.59 Å². The SMILES string of the molecule is O=C(NC(CCO)C(=O)O)c1cc(-c2ccccc2)on1. The number of aromatic nitrogens is 1. The average molecular weight is 290 g/mol. The number of nitrogens with zero attached hydrogens (tertiary/aromatic N) is 1. The third kappa shape index (κ3) is 3.67. The van der Waals surface area contributed by atoms with E-state index in [2.05, 4.69) is 10.5 Å². The molecule has 7 nitrogen and oxygen atoms in total. The molecule has 0 saturated carbocycles. The van der Waals surface area contributed by atoms with Crippen molar-refractivity contribution >= 4 is 11.9 Å². The summed E-state index contributed by atoms with van der Waals surface area (Å²) in [7, 11) is 0. The van der Waals surface area contributed by atoms with Crippen LogP contribution in [-0.2, 0) is 4.79 Å². The van der Waals surface area contributed by atoms with Crippen LogP contribution in [0.2, 0.25) is 0 Å². The number of rotatable bonds is 6. The van der Waals surface area contributed by atoms with Gasteiger partial charge in [0.2, 0.25) is 0 Å². The predicted octanol–water partition coefficient (Wildman–Crippen LogP) is 0.907. The van der Waals surface area contributed by atoms with Crippen molar-refractivity contribution in [3.8, 4) is 11.3 Å². The van der Waals surface area contributed by atoms with Gasteiger partial charge in [0, 0.05) is 24.7 Å². The molecule has 1 heterocycles. The Morgan fingerprint density at radius 2 is 2.00 bits per heavy atom. The zero-order valence-electron chi connectivity index (χ0n) is 11.0. The molecule has 1 atom stereocenters. The molecule has 21 heavy (non-hydrogen) atoms. The summed E-state index contributed by atoms with van der Waals surface area (Å²) >= 11 is 0. The zero-order chi connectivity index (χ0) is 15.2. The van der Waals surface area contributed by atoms with Crippen molar-refractivity contribution in [2.75, 3.05) is 6.61 Å². The highest BCUT2D eigenvalue weighted by atomic mass is 16.5. The van der Waals surface area contributed by atoms with E-state index in [-0.39, 0.29) is 18.7 Å². The second-order valence-corrected chi connectivity index (χ2v) is 4.32. The summed E-state index contributed by atoms with van der Waals surface area (Å²) in [5.41, 5.74) is 0.743. The molecule has 0 spiro atoms. The number of aliphatic hydroxyl groups is 1. The largest absolute Gasteiger partial charge is 0.480 e. The molecule has 1 aromatic heterocycles. The average Bonchev–Trinajstić information content (AvgIpc) is 2.97. The van der Waals surface area contributed by atoms with E-state index in [1.54, 1.807) is 12.1 Å². The lowest BCUT2D eigenvalue weighted by molar-refractivity contribution is -0.139. The molecule has 0 aliphatic rings. The van der Waals surface area contributed by atoms with Crippen molar-refractivity contribution in [3.63, 3.8) is 0 Å². The number of hydrogen-bond acceptors (Lipinski definition) is 5. The number of nitrogens with one attached hydrogen (secondary N) is 1. The van der Waals surface area contributed by atoms with Crippen LogP contribution in [-0.4, -0.2) is 39.9 Å². The van der Waals surface area contributed by atoms with Crippen LogP contribution in [0.5, 0.6) is 0 Å². The highest BCUT2D eigenvalue weighted by Gasteiger charge is 2.22. The van der Waals surface area contributed by atoms with Gasteiger partial charge in [-0.1, -0.05) is 35.5 Å². The number of benzene rings is 1. The molecule has 0 fully saturated rings. The van der Waals surface area contributed by atoms with Crippen LogP contribution in [0.4, 0.5) is 0 Å². The Hall–Kier alpha value is -2.67. The lowest BCUT2D eigenvalue weighted by Crippen LogP contribution is -2.41. The fraction of sp³-hybridized carbons (Fsp3) is 0.214. The van der Waals surface area contributed by atoms with Gasteiger partial charge >= 0.3 is 5.97 Å². The van der Waals surface area contributed by atoms with Gasteiger partial charge in [-0.15, -0.1) is 0 Å². The highest BCUT2D eigenvalue weighted by Crippen LogP contribution is 2.19. The Kier molecular flexibility index (Phi) is 4.68. The third-order valence-corrected chi connectivity index (χ3v) is 2.82. The van der Waals surface area contributed by atoms with Crippen molar-refractivity contribution < 1.29 is 24.3 Å². The molecule has 1 amide bonds. The minimum absolute atomic E-state index is 0.0157. The summed E-state index contributed by atoms with van der Waals surface area (Å²) < 4.78 is 5.07. The Bertz CT molecular complexity index is 623. The molecule has 0 bridgehead atoms. The van der Waals surface area contributed by atoms with E-state index in [0.717, 1.165) is 5.56 Å². The van der Waals surface area contributed by atoms with E-state index in [0.29, 0.717) is 5.76 Å². The number of carboxylic acids is 1. The van der Waals surface area contributed by atoms with E-state index < -0.39 is 17.9 Å². The monoisotopic (exact) mass is 290 g/mol. The molecule has 3 N–H and O–H groups in total. The summed E-state index contributed by atoms with van der Waals surface area (Å²) in [6, 6.07) is 9.35. The summed E-state index contributed by atoms with van der Waals surface area (Å²) in [6.07, 6.45) is -0.0789. The van der Waals surface area contributed by atoms with Crippen LogP contribution in [0.15, 0.2) is 40.9 Å². The van der Waals surface area contributed by atoms with Gasteiger partial charge in [0.25, 0.3) is 5.91 Å². The number of carboxylic acid groups (broad SMARTS) is 1. The van der Waals surface area contributed by atoms with E-state index in [4.69, 9.17) is 14.7 Å². The molecule has 7 heteroatoms. The molecule has 0 aliphatic carbocycles. The van der Waals surface area contributed by atoms with E-state index >= 15 is 0 Å². The maximum atomic E-state index is 11.9. The smallest absolute Gasteiger partial charge is 0.326 e. The van der Waals surface area contributed by atoms with Gasteiger partial charge in [-0.2, -0.15) is 0 Å². The summed E-state index contributed by atoms with van der Waals surface area (Å²) in [5.74, 6) is -1.47. The minimum Gasteiger partial charge on any atom is -0.480 e. The molecule has 2 rings (SSSR count). The fourth-order valence-electron chi connectivity index (χ4n) is 1.74. The van der Waals surface area contributed by atoms with Crippen molar-refractivity contribution in [1.82, 2.24) is 10.5 Å². The van der Waals surface area contributed by atoms with Gasteiger partial charge in [0.15, 0.2) is 11.5 Å². The first-order valence-corrected chi connectivity index (χ1v) is 6.28. The van der Waals surface area contributed by atoms with E-state index in [1.165, 1.54) is 6.07 Å². The van der Waals surface area contributed by atoms with Crippen LogP contribution < -0.4 is 5.32 Å². The molecule has 0 radical (unpaired) electrons. The first-order valence-electron chi connectivity index (χ1n) is 6.28. The highest BCUT2D eigenvalue weighted by molar-refractivity contribution is 5.95. The number of hydrogen-bond donors (Lipinski definition) is 3. The first kappa shape index (κ1) is 14.7. The van der Waals surface area contributed by atoms with Crippen molar-refractivity contribution in [2.24, 2.45) is 0 Å². The van der Waals surface area contributed by atoms with Crippen LogP contribution >= 0.6 is 0 Å². The van der Waals surface area contributed by atoms with Gasteiger partial charge in [-0.25, -0.2) is 4.79 Å². The summed E-state index contributed by atoms with van der Waals surface area (Å²) in [5, 5.41) is 23.6. The van der Waals surface area contributed by atoms with Crippen LogP contribution in [0.25, 0.3) is 11.3 Å². The minimum atomic E-state index is -1.22. The number of carbonyl (C=O) groups excluding carboxylic acids is 1. The Balaban J connectivity index is 2.10. The lowest BCUT2D eigenvalue weighted by atomic mass is 10.1. The number of amides is 1. The van der Waals surface area contributed by atoms with Crippen molar-refractivity contribution in [2.45, 2.75) is 12.5 Å². The normalized spacial score (nSPS) is 11.9. The topological polar surface area (TPSA) is 113 Å². The molecule has 0 aliphatic heterocycles. The van der Waals surface area contributed by atoms with Crippen LogP contribution in [0.3, 0.4) is 0 Å². The second-order valence-electron chi connectivity index (χ2n) is 4.32. The molecular weight excluding hydrogens is 276 g/mol. The van der Waals surface area contributed by atoms with Gasteiger partial charge < -0.3 is 20.1 Å². The Morgan fingerprint density at radius 1 is 1.29 bits per heavy atom. The molecule has 2 aromatic rings. The van der Waals surface area contributed by atoms with Gasteiger partial charge in [0.05, 0.1) is 0 Å². The lowest BCUT2D eigenvalue weighted by Gasteiger charge is -2.11. The van der Waals surface area contributed by atoms with Crippen molar-refractivity contribution in [1.29, 1.82) is 0 Å². The number of carbonyl (C=O) groups is 2. The molecular formula is C14H14N2O5. The second kappa shape index (κ2) is 6.67. The molecule has 0 saturated heterocycles. The zero-order valence-corrected chi connectivity index (χ0v) is 11.0. The fourth-order valence-corrected chi connectivity index (χ4v) is 1.74. The van der Waals surface area contributed by atoms with Gasteiger partial charge in [0.1, 0.15) is 6.04 Å². The van der Waals surface area contributed by atoms with Crippen LogP contribution in [0.1, 0.15) is 16.9 Å². The first-order chi connectivity index (χ1) is 10.1. The van der Waals surface area contributed by atoms with Gasteiger partial charge in [-0.05, 0) is 0 Å². The quantitative estimate of drug-likeness (QED) is 0.728. The Labute approximate surface area is 120 Å². The number of aliphatic hydroxyl groups excluding tert-OH is 1. The molecule has 110 valence electrons. The molecule has 1 aromatic carbocycles. The van der Waals surface area contributed by atoms with Crippen molar-refractivity contribution in [3.05, 3.63) is 42.1 Å². The molecule has 1 unspecified atom stereocenters. The summed E-state index contributed by atoms with van der Waals surface area (Å²) in [6.45, 7) is -0.342. The van der Waals surface area contributed by atoms with Crippen LogP contribution in [0, 0.1) is 0 Å². The Morgan fingerprint density at radius 3 is 2.62 bits per heavy atom. The predicted molar refractivity (Wildman–Crippen MR) is 72.5 cm³/mol.